The topological polar surface area (TPSA) is 78.6 Å². The molecule has 1 aliphatic heterocycles. The fraction of sp³-hybridized carbons (Fsp3) is 0.692. The van der Waals surface area contributed by atoms with Crippen molar-refractivity contribution in [3.63, 3.8) is 0 Å². The van der Waals surface area contributed by atoms with Crippen LogP contribution in [0.5, 0.6) is 0 Å². The van der Waals surface area contributed by atoms with Gasteiger partial charge in [0.15, 0.2) is 0 Å². The molecule has 0 radical (unpaired) electrons. The normalized spacial score (nSPS) is 18.8. The number of hydrogen-bond acceptors (Lipinski definition) is 4. The van der Waals surface area contributed by atoms with E-state index in [1.165, 1.54) is 0 Å². The lowest BCUT2D eigenvalue weighted by molar-refractivity contribution is 0.177. The molecule has 106 valence electrons. The maximum absolute atomic E-state index is 12.0. The summed E-state index contributed by atoms with van der Waals surface area (Å²) in [4.78, 5) is 13.8. The van der Waals surface area contributed by atoms with E-state index < -0.39 is 0 Å². The minimum Gasteiger partial charge on any atom is -0.396 e. The van der Waals surface area contributed by atoms with E-state index in [0.29, 0.717) is 19.4 Å². The molecule has 2 N–H and O–H groups in total. The lowest BCUT2D eigenvalue weighted by Crippen LogP contribution is -2.43. The zero-order valence-electron chi connectivity index (χ0n) is 11.3. The van der Waals surface area contributed by atoms with E-state index in [1.54, 1.807) is 0 Å². The molecule has 1 aromatic rings. The number of aryl methyl sites for hydroxylation is 1. The summed E-state index contributed by atoms with van der Waals surface area (Å²) < 4.78 is 5.08. The number of carbonyl (C=O) groups excluding carboxylic acids is 1. The van der Waals surface area contributed by atoms with Gasteiger partial charge in [0, 0.05) is 38.2 Å². The molecule has 6 heteroatoms. The van der Waals surface area contributed by atoms with Gasteiger partial charge in [-0.1, -0.05) is 5.16 Å². The van der Waals surface area contributed by atoms with Crippen molar-refractivity contribution in [3.05, 3.63) is 17.5 Å². The van der Waals surface area contributed by atoms with Crippen LogP contribution >= 0.6 is 0 Å². The Morgan fingerprint density at radius 3 is 3.21 bits per heavy atom. The zero-order valence-corrected chi connectivity index (χ0v) is 11.3. The molecule has 0 aromatic carbocycles. The van der Waals surface area contributed by atoms with Gasteiger partial charge in [-0.15, -0.1) is 0 Å². The number of nitrogens with one attached hydrogen (secondary N) is 1. The number of nitrogens with zero attached hydrogens (tertiary/aromatic N) is 2. The zero-order chi connectivity index (χ0) is 13.7. The van der Waals surface area contributed by atoms with E-state index in [2.05, 4.69) is 10.5 Å². The second-order valence-electron chi connectivity index (χ2n) is 4.92. The van der Waals surface area contributed by atoms with Crippen LogP contribution in [0.25, 0.3) is 0 Å². The summed E-state index contributed by atoms with van der Waals surface area (Å²) in [5.74, 6) is 0.783. The number of rotatable bonds is 5. The highest BCUT2D eigenvalue weighted by atomic mass is 16.5. The quantitative estimate of drug-likeness (QED) is 0.837. The first kappa shape index (κ1) is 13.9. The first-order chi connectivity index (χ1) is 9.20. The van der Waals surface area contributed by atoms with Gasteiger partial charge in [-0.3, -0.25) is 0 Å². The Balaban J connectivity index is 1.74. The second-order valence-corrected chi connectivity index (χ2v) is 4.92. The molecule has 1 saturated heterocycles. The molecular weight excluding hydrogens is 246 g/mol. The Bertz CT molecular complexity index is 419. The molecule has 6 nitrogen and oxygen atoms in total. The maximum atomic E-state index is 12.0. The van der Waals surface area contributed by atoms with Crippen molar-refractivity contribution in [2.45, 2.75) is 38.6 Å². The van der Waals surface area contributed by atoms with Crippen LogP contribution in [0.15, 0.2) is 10.6 Å². The molecule has 19 heavy (non-hydrogen) atoms. The summed E-state index contributed by atoms with van der Waals surface area (Å²) in [6, 6.07) is 2.00. The molecule has 1 unspecified atom stereocenters. The van der Waals surface area contributed by atoms with Gasteiger partial charge in [-0.2, -0.15) is 0 Å². The van der Waals surface area contributed by atoms with Crippen LogP contribution in [0, 0.1) is 6.92 Å². The van der Waals surface area contributed by atoms with Crippen LogP contribution in [-0.2, 0) is 6.42 Å². The summed E-state index contributed by atoms with van der Waals surface area (Å²) in [5, 5.41) is 15.7. The first-order valence-corrected chi connectivity index (χ1v) is 6.78. The van der Waals surface area contributed by atoms with Gasteiger partial charge >= 0.3 is 6.03 Å². The van der Waals surface area contributed by atoms with Crippen LogP contribution in [-0.4, -0.2) is 46.9 Å². The van der Waals surface area contributed by atoms with Crippen molar-refractivity contribution in [1.82, 2.24) is 15.4 Å². The fourth-order valence-corrected chi connectivity index (χ4v) is 2.48. The van der Waals surface area contributed by atoms with Crippen molar-refractivity contribution in [3.8, 4) is 0 Å². The molecular formula is C13H21N3O3. The van der Waals surface area contributed by atoms with Gasteiger partial charge in [-0.05, 0) is 26.2 Å². The van der Waals surface area contributed by atoms with Crippen molar-refractivity contribution >= 4 is 6.03 Å². The summed E-state index contributed by atoms with van der Waals surface area (Å²) in [6.07, 6.45) is 3.30. The summed E-state index contributed by atoms with van der Waals surface area (Å²) in [6.45, 7) is 3.31. The Morgan fingerprint density at radius 1 is 1.68 bits per heavy atom. The van der Waals surface area contributed by atoms with E-state index in [-0.39, 0.29) is 18.7 Å². The highest BCUT2D eigenvalue weighted by Crippen LogP contribution is 2.19. The summed E-state index contributed by atoms with van der Waals surface area (Å²) in [7, 11) is 0. The van der Waals surface area contributed by atoms with Crippen LogP contribution < -0.4 is 5.32 Å². The van der Waals surface area contributed by atoms with Gasteiger partial charge in [0.2, 0.25) is 0 Å². The number of aromatic nitrogens is 1. The lowest BCUT2D eigenvalue weighted by atomic mass is 10.1. The van der Waals surface area contributed by atoms with Gasteiger partial charge < -0.3 is 19.8 Å². The molecule has 0 spiro atoms. The number of likely N-dealkylation sites (tertiary alicyclic amines) is 1. The van der Waals surface area contributed by atoms with Gasteiger partial charge in [0.05, 0.1) is 5.69 Å². The SMILES string of the molecule is Cc1cc(CCNC(=O)N2CCCC2CCO)on1. The molecule has 0 aliphatic carbocycles. The molecule has 2 amide bonds. The van der Waals surface area contributed by atoms with Crippen molar-refractivity contribution in [1.29, 1.82) is 0 Å². The largest absolute Gasteiger partial charge is 0.396 e. The van der Waals surface area contributed by atoms with E-state index in [9.17, 15) is 4.79 Å². The highest BCUT2D eigenvalue weighted by molar-refractivity contribution is 5.74. The second kappa shape index (κ2) is 6.56. The highest BCUT2D eigenvalue weighted by Gasteiger charge is 2.27. The Hall–Kier alpha value is -1.56. The number of hydrogen-bond donors (Lipinski definition) is 2. The van der Waals surface area contributed by atoms with Crippen LogP contribution in [0.1, 0.15) is 30.7 Å². The molecule has 2 heterocycles. The number of urea groups is 1. The lowest BCUT2D eigenvalue weighted by Gasteiger charge is -2.24. The van der Waals surface area contributed by atoms with E-state index in [4.69, 9.17) is 9.63 Å². The van der Waals surface area contributed by atoms with Crippen LogP contribution in [0.2, 0.25) is 0 Å². The third-order valence-electron chi connectivity index (χ3n) is 3.42. The standard InChI is InChI=1S/C13H21N3O3/c1-10-9-12(19-15-10)4-6-14-13(18)16-7-2-3-11(16)5-8-17/h9,11,17H,2-8H2,1H3,(H,14,18). The smallest absolute Gasteiger partial charge is 0.317 e. The molecule has 2 rings (SSSR count). The molecule has 1 aromatic heterocycles. The molecule has 0 saturated carbocycles. The monoisotopic (exact) mass is 267 g/mol. The number of aliphatic hydroxyl groups is 1. The van der Waals surface area contributed by atoms with Crippen molar-refractivity contribution < 1.29 is 14.4 Å². The average Bonchev–Trinajstić information content (AvgIpc) is 2.99. The molecule has 1 fully saturated rings. The number of carbonyl (C=O) groups is 1. The Kier molecular flexibility index (Phi) is 4.79. The third-order valence-corrected chi connectivity index (χ3v) is 3.42. The molecule has 1 atom stereocenters. The predicted molar refractivity (Wildman–Crippen MR) is 69.8 cm³/mol. The number of aliphatic hydroxyl groups excluding tert-OH is 1. The van der Waals surface area contributed by atoms with Gasteiger partial charge in [-0.25, -0.2) is 4.79 Å². The minimum atomic E-state index is -0.0489. The predicted octanol–water partition coefficient (Wildman–Crippen LogP) is 1.08. The van der Waals surface area contributed by atoms with Crippen molar-refractivity contribution in [2.75, 3.05) is 19.7 Å². The average molecular weight is 267 g/mol. The minimum absolute atomic E-state index is 0.0489. The Labute approximate surface area is 112 Å². The molecule has 1 aliphatic rings. The maximum Gasteiger partial charge on any atom is 0.317 e. The summed E-state index contributed by atoms with van der Waals surface area (Å²) >= 11 is 0. The Morgan fingerprint density at radius 2 is 2.53 bits per heavy atom. The van der Waals surface area contributed by atoms with Gasteiger partial charge in [0.25, 0.3) is 0 Å². The fourth-order valence-electron chi connectivity index (χ4n) is 2.48. The molecule has 0 bridgehead atoms. The van der Waals surface area contributed by atoms with E-state index in [0.717, 1.165) is 30.8 Å². The first-order valence-electron chi connectivity index (χ1n) is 6.78. The van der Waals surface area contributed by atoms with Crippen LogP contribution in [0.3, 0.4) is 0 Å². The van der Waals surface area contributed by atoms with Gasteiger partial charge in [0.1, 0.15) is 5.76 Å². The summed E-state index contributed by atoms with van der Waals surface area (Å²) in [5.41, 5.74) is 0.851. The van der Waals surface area contributed by atoms with E-state index in [1.807, 2.05) is 17.9 Å². The van der Waals surface area contributed by atoms with Crippen molar-refractivity contribution in [2.24, 2.45) is 0 Å². The van der Waals surface area contributed by atoms with Crippen LogP contribution in [0.4, 0.5) is 4.79 Å². The third kappa shape index (κ3) is 3.70. The number of amides is 2. The van der Waals surface area contributed by atoms with E-state index >= 15 is 0 Å².